The molecular weight excluding hydrogens is 318 g/mol. The Morgan fingerprint density at radius 3 is 2.48 bits per heavy atom. The van der Waals surface area contributed by atoms with Crippen LogP contribution in [-0.4, -0.2) is 91.3 Å². The highest BCUT2D eigenvalue weighted by Gasteiger charge is 2.35. The summed E-state index contributed by atoms with van der Waals surface area (Å²) in [5.74, 6) is 0.565. The van der Waals surface area contributed by atoms with Crippen LogP contribution in [0, 0.1) is 18.8 Å². The molecule has 0 bridgehead atoms. The average Bonchev–Trinajstić information content (AvgIpc) is 2.97. The topological polar surface area (TPSA) is 67.3 Å². The predicted octanol–water partition coefficient (Wildman–Crippen LogP) is 0.875. The lowest BCUT2D eigenvalue weighted by Crippen LogP contribution is -2.35. The summed E-state index contributed by atoms with van der Waals surface area (Å²) in [5.41, 5.74) is 1.29. The van der Waals surface area contributed by atoms with E-state index in [1.54, 1.807) is 25.1 Å². The van der Waals surface area contributed by atoms with Crippen molar-refractivity contribution in [2.75, 3.05) is 60.5 Å². The molecule has 1 heterocycles. The molecule has 1 aliphatic rings. The zero-order valence-corrected chi connectivity index (χ0v) is 15.8. The predicted molar refractivity (Wildman–Crippen MR) is 98.9 cm³/mol. The van der Waals surface area contributed by atoms with Gasteiger partial charge in [-0.3, -0.25) is 4.79 Å². The van der Waals surface area contributed by atoms with E-state index in [2.05, 4.69) is 30.9 Å². The van der Waals surface area contributed by atoms with E-state index in [0.717, 1.165) is 19.6 Å². The quantitative estimate of drug-likeness (QED) is 0.765. The number of aryl methyl sites for hydroxylation is 1. The zero-order chi connectivity index (χ0) is 18.6. The third-order valence-corrected chi connectivity index (χ3v) is 5.02. The lowest BCUT2D eigenvalue weighted by Gasteiger charge is -2.25. The minimum atomic E-state index is -0.0278. The molecule has 2 rings (SSSR count). The summed E-state index contributed by atoms with van der Waals surface area (Å²) in [6.07, 6.45) is 0. The van der Waals surface area contributed by atoms with Crippen LogP contribution in [0.25, 0.3) is 0 Å². The van der Waals surface area contributed by atoms with Crippen LogP contribution < -0.4 is 0 Å². The summed E-state index contributed by atoms with van der Waals surface area (Å²) >= 11 is 0. The van der Waals surface area contributed by atoms with Gasteiger partial charge in [-0.15, -0.1) is 0 Å². The van der Waals surface area contributed by atoms with Gasteiger partial charge in [0.05, 0.1) is 0 Å². The van der Waals surface area contributed by atoms with E-state index in [9.17, 15) is 15.0 Å². The van der Waals surface area contributed by atoms with Crippen molar-refractivity contribution in [3.63, 3.8) is 0 Å². The highest BCUT2D eigenvalue weighted by Crippen LogP contribution is 2.26. The van der Waals surface area contributed by atoms with Crippen molar-refractivity contribution in [3.05, 3.63) is 29.3 Å². The van der Waals surface area contributed by atoms with Crippen LogP contribution in [0.15, 0.2) is 18.2 Å². The summed E-state index contributed by atoms with van der Waals surface area (Å²) < 4.78 is 0. The zero-order valence-electron chi connectivity index (χ0n) is 15.8. The number of hydrogen-bond acceptors (Lipinski definition) is 5. The number of aliphatic hydroxyl groups is 1. The van der Waals surface area contributed by atoms with Gasteiger partial charge in [-0.05, 0) is 57.7 Å². The number of carbonyl (C=O) groups is 1. The maximum Gasteiger partial charge on any atom is 0.253 e. The fourth-order valence-corrected chi connectivity index (χ4v) is 3.35. The monoisotopic (exact) mass is 349 g/mol. The second kappa shape index (κ2) is 8.65. The van der Waals surface area contributed by atoms with Crippen LogP contribution in [0.5, 0.6) is 5.75 Å². The Morgan fingerprint density at radius 1 is 1.20 bits per heavy atom. The molecule has 6 heteroatoms. The van der Waals surface area contributed by atoms with E-state index in [0.29, 0.717) is 24.2 Å². The van der Waals surface area contributed by atoms with Crippen molar-refractivity contribution in [1.29, 1.82) is 0 Å². The number of nitrogens with zero attached hydrogens (tertiary/aromatic N) is 3. The molecule has 1 aromatic rings. The molecule has 2 N–H and O–H groups in total. The number of likely N-dealkylation sites (N-methyl/N-ethyl adjacent to an activating group) is 2. The fraction of sp³-hybridized carbons (Fsp3) is 0.632. The maximum atomic E-state index is 12.8. The molecule has 1 amide bonds. The highest BCUT2D eigenvalue weighted by atomic mass is 16.3. The number of aliphatic hydroxyl groups excluding tert-OH is 1. The van der Waals surface area contributed by atoms with Crippen molar-refractivity contribution >= 4 is 5.91 Å². The first-order chi connectivity index (χ1) is 11.8. The number of benzene rings is 1. The Bertz CT molecular complexity index is 591. The summed E-state index contributed by atoms with van der Waals surface area (Å²) in [5, 5.41) is 19.4. The van der Waals surface area contributed by atoms with Crippen molar-refractivity contribution in [3.8, 4) is 5.75 Å². The largest absolute Gasteiger partial charge is 0.508 e. The Kier molecular flexibility index (Phi) is 6.81. The van der Waals surface area contributed by atoms with Crippen molar-refractivity contribution < 1.29 is 15.0 Å². The van der Waals surface area contributed by atoms with Gasteiger partial charge < -0.3 is 24.9 Å². The summed E-state index contributed by atoms with van der Waals surface area (Å²) in [4.78, 5) is 19.0. The molecule has 1 fully saturated rings. The molecule has 140 valence electrons. The molecule has 0 aliphatic carbocycles. The van der Waals surface area contributed by atoms with Gasteiger partial charge in [-0.1, -0.05) is 0 Å². The van der Waals surface area contributed by atoms with E-state index in [-0.39, 0.29) is 30.1 Å². The van der Waals surface area contributed by atoms with Crippen LogP contribution in [-0.2, 0) is 0 Å². The number of phenolic OH excluding ortho intramolecular Hbond substituents is 1. The van der Waals surface area contributed by atoms with Gasteiger partial charge in [0.1, 0.15) is 5.75 Å². The summed E-state index contributed by atoms with van der Waals surface area (Å²) in [7, 11) is 6.20. The molecule has 1 saturated heterocycles. The minimum Gasteiger partial charge on any atom is -0.508 e. The third kappa shape index (κ3) is 5.17. The van der Waals surface area contributed by atoms with Gasteiger partial charge in [0.25, 0.3) is 5.91 Å². The van der Waals surface area contributed by atoms with Crippen molar-refractivity contribution in [2.24, 2.45) is 11.8 Å². The number of rotatable bonds is 7. The fourth-order valence-electron chi connectivity index (χ4n) is 3.35. The number of likely N-dealkylation sites (tertiary alicyclic amines) is 1. The van der Waals surface area contributed by atoms with E-state index in [1.807, 2.05) is 4.90 Å². The Morgan fingerprint density at radius 2 is 1.88 bits per heavy atom. The highest BCUT2D eigenvalue weighted by molar-refractivity contribution is 5.94. The van der Waals surface area contributed by atoms with Gasteiger partial charge in [0.2, 0.25) is 0 Å². The molecule has 0 spiro atoms. The molecule has 0 radical (unpaired) electrons. The van der Waals surface area contributed by atoms with E-state index < -0.39 is 0 Å². The van der Waals surface area contributed by atoms with Gasteiger partial charge in [0.15, 0.2) is 0 Å². The van der Waals surface area contributed by atoms with Gasteiger partial charge >= 0.3 is 0 Å². The lowest BCUT2D eigenvalue weighted by atomic mass is 9.96. The van der Waals surface area contributed by atoms with Crippen molar-refractivity contribution in [1.82, 2.24) is 14.7 Å². The SMILES string of the molecule is Cc1cc(C(=O)N2C[C@@H](CN(C)CCN(C)C)[C@@H](CO)C2)ccc1O. The van der Waals surface area contributed by atoms with Crippen LogP contribution in [0.1, 0.15) is 15.9 Å². The standard InChI is InChI=1S/C19H31N3O3/c1-14-9-15(5-6-18(14)24)19(25)22-11-16(17(12-22)13-23)10-21(4)8-7-20(2)3/h5-6,9,16-17,23-24H,7-8,10-13H2,1-4H3/t16-,17-/m1/s1. The van der Waals surface area contributed by atoms with E-state index >= 15 is 0 Å². The minimum absolute atomic E-state index is 0.0278. The molecule has 1 aliphatic heterocycles. The number of carbonyl (C=O) groups excluding carboxylic acids is 1. The Balaban J connectivity index is 1.99. The Hall–Kier alpha value is -1.63. The second-order valence-corrected chi connectivity index (χ2v) is 7.48. The average molecular weight is 349 g/mol. The summed E-state index contributed by atoms with van der Waals surface area (Å²) in [6, 6.07) is 4.95. The maximum absolute atomic E-state index is 12.8. The summed E-state index contributed by atoms with van der Waals surface area (Å²) in [6.45, 7) is 5.96. The smallest absolute Gasteiger partial charge is 0.253 e. The van der Waals surface area contributed by atoms with Crippen molar-refractivity contribution in [2.45, 2.75) is 6.92 Å². The number of phenols is 1. The molecule has 25 heavy (non-hydrogen) atoms. The lowest BCUT2D eigenvalue weighted by molar-refractivity contribution is 0.0779. The van der Waals surface area contributed by atoms with Crippen LogP contribution in [0.2, 0.25) is 0 Å². The van der Waals surface area contributed by atoms with Gasteiger partial charge in [-0.25, -0.2) is 0 Å². The first-order valence-electron chi connectivity index (χ1n) is 8.84. The molecule has 0 aromatic heterocycles. The van der Waals surface area contributed by atoms with Crippen LogP contribution in [0.4, 0.5) is 0 Å². The Labute approximate surface area is 150 Å². The molecule has 0 saturated carbocycles. The van der Waals surface area contributed by atoms with E-state index in [1.165, 1.54) is 0 Å². The second-order valence-electron chi connectivity index (χ2n) is 7.48. The first kappa shape index (κ1) is 19.7. The van der Waals surface area contributed by atoms with E-state index in [4.69, 9.17) is 0 Å². The molecule has 1 aromatic carbocycles. The molecule has 2 atom stereocenters. The third-order valence-electron chi connectivity index (χ3n) is 5.02. The van der Waals surface area contributed by atoms with Crippen LogP contribution >= 0.6 is 0 Å². The normalized spacial score (nSPS) is 20.7. The van der Waals surface area contributed by atoms with Gasteiger partial charge in [0, 0.05) is 50.8 Å². The van der Waals surface area contributed by atoms with Crippen LogP contribution in [0.3, 0.4) is 0 Å². The number of hydrogen-bond donors (Lipinski definition) is 2. The van der Waals surface area contributed by atoms with Gasteiger partial charge in [-0.2, -0.15) is 0 Å². The number of amides is 1. The molecular formula is C19H31N3O3. The number of aromatic hydroxyl groups is 1. The molecule has 6 nitrogen and oxygen atoms in total. The molecule has 0 unspecified atom stereocenters. The first-order valence-corrected chi connectivity index (χ1v) is 8.84.